The van der Waals surface area contributed by atoms with Gasteiger partial charge in [0.1, 0.15) is 5.82 Å². The van der Waals surface area contributed by atoms with E-state index in [1.54, 1.807) is 24.3 Å². The van der Waals surface area contributed by atoms with Crippen LogP contribution in [0.1, 0.15) is 30.7 Å². The van der Waals surface area contributed by atoms with Crippen molar-refractivity contribution in [3.8, 4) is 6.07 Å². The predicted molar refractivity (Wildman–Crippen MR) is 88.1 cm³/mol. The van der Waals surface area contributed by atoms with Gasteiger partial charge in [0.2, 0.25) is 5.91 Å². The van der Waals surface area contributed by atoms with Gasteiger partial charge in [-0.2, -0.15) is 5.26 Å². The van der Waals surface area contributed by atoms with Gasteiger partial charge in [-0.1, -0.05) is 24.2 Å². The Morgan fingerprint density at radius 2 is 2.26 bits per heavy atom. The average molecular weight is 327 g/mol. The van der Waals surface area contributed by atoms with Crippen molar-refractivity contribution in [2.24, 2.45) is 0 Å². The van der Waals surface area contributed by atoms with Crippen molar-refractivity contribution in [2.45, 2.75) is 37.4 Å². The van der Waals surface area contributed by atoms with Gasteiger partial charge in [-0.3, -0.25) is 4.79 Å². The lowest BCUT2D eigenvalue weighted by Gasteiger charge is -2.07. The Morgan fingerprint density at radius 1 is 1.35 bits per heavy atom. The molecule has 0 atom stereocenters. The van der Waals surface area contributed by atoms with Crippen LogP contribution >= 0.6 is 11.8 Å². The van der Waals surface area contributed by atoms with Crippen molar-refractivity contribution in [3.63, 3.8) is 0 Å². The van der Waals surface area contributed by atoms with Crippen LogP contribution in [-0.2, 0) is 17.8 Å². The molecule has 1 amide bonds. The summed E-state index contributed by atoms with van der Waals surface area (Å²) in [5, 5.41) is 20.9. The molecular weight excluding hydrogens is 310 g/mol. The summed E-state index contributed by atoms with van der Waals surface area (Å²) in [4.78, 5) is 12.1. The molecule has 0 radical (unpaired) electrons. The zero-order valence-electron chi connectivity index (χ0n) is 12.7. The molecule has 0 aliphatic carbocycles. The Kier molecular flexibility index (Phi) is 4.93. The fraction of sp³-hybridized carbons (Fsp3) is 0.375. The fourth-order valence-corrected chi connectivity index (χ4v) is 3.34. The summed E-state index contributed by atoms with van der Waals surface area (Å²) in [6.45, 7) is 0.927. The summed E-state index contributed by atoms with van der Waals surface area (Å²) in [6, 6.07) is 8.94. The minimum atomic E-state index is -0.115. The Bertz CT molecular complexity index is 749. The van der Waals surface area contributed by atoms with E-state index in [0.717, 1.165) is 36.8 Å². The van der Waals surface area contributed by atoms with Crippen molar-refractivity contribution in [3.05, 3.63) is 35.7 Å². The van der Waals surface area contributed by atoms with Crippen LogP contribution in [0.3, 0.4) is 0 Å². The van der Waals surface area contributed by atoms with Gasteiger partial charge in [-0.25, -0.2) is 0 Å². The number of amides is 1. The maximum Gasteiger partial charge on any atom is 0.234 e. The van der Waals surface area contributed by atoms with Crippen LogP contribution < -0.4 is 5.32 Å². The number of anilines is 1. The molecule has 3 rings (SSSR count). The topological polar surface area (TPSA) is 83.6 Å². The number of nitrogens with one attached hydrogen (secondary N) is 1. The van der Waals surface area contributed by atoms with Crippen LogP contribution in [0, 0.1) is 11.3 Å². The molecule has 0 fully saturated rings. The highest BCUT2D eigenvalue weighted by atomic mass is 32.2. The van der Waals surface area contributed by atoms with E-state index in [2.05, 4.69) is 26.2 Å². The van der Waals surface area contributed by atoms with Crippen LogP contribution in [0.15, 0.2) is 29.4 Å². The summed E-state index contributed by atoms with van der Waals surface area (Å²) in [7, 11) is 0. The van der Waals surface area contributed by atoms with E-state index in [4.69, 9.17) is 5.26 Å². The number of hydrogen-bond acceptors (Lipinski definition) is 5. The third kappa shape index (κ3) is 3.90. The second kappa shape index (κ2) is 7.29. The molecule has 2 aromatic rings. The minimum absolute atomic E-state index is 0.115. The molecule has 0 saturated heterocycles. The number of carbonyl (C=O) groups excluding carboxylic acids is 1. The highest BCUT2D eigenvalue weighted by Gasteiger charge is 2.16. The van der Waals surface area contributed by atoms with Gasteiger partial charge in [-0.15, -0.1) is 10.2 Å². The number of carbonyl (C=O) groups is 1. The minimum Gasteiger partial charge on any atom is -0.325 e. The van der Waals surface area contributed by atoms with Crippen LogP contribution in [0.25, 0.3) is 0 Å². The lowest BCUT2D eigenvalue weighted by Crippen LogP contribution is -2.14. The summed E-state index contributed by atoms with van der Waals surface area (Å²) >= 11 is 1.40. The molecule has 6 nitrogen and oxygen atoms in total. The van der Waals surface area contributed by atoms with E-state index in [0.29, 0.717) is 11.3 Å². The van der Waals surface area contributed by atoms with Crippen molar-refractivity contribution in [1.29, 1.82) is 5.26 Å². The molecule has 0 bridgehead atoms. The Labute approximate surface area is 138 Å². The predicted octanol–water partition coefficient (Wildman–Crippen LogP) is 2.61. The normalized spacial score (nSPS) is 13.7. The second-order valence-corrected chi connectivity index (χ2v) is 6.33. The zero-order chi connectivity index (χ0) is 16.1. The first-order valence-corrected chi connectivity index (χ1v) is 8.60. The monoisotopic (exact) mass is 327 g/mol. The van der Waals surface area contributed by atoms with Crippen LogP contribution in [-0.4, -0.2) is 26.4 Å². The lowest BCUT2D eigenvalue weighted by molar-refractivity contribution is -0.113. The van der Waals surface area contributed by atoms with Gasteiger partial charge in [-0.05, 0) is 31.0 Å². The van der Waals surface area contributed by atoms with Crippen molar-refractivity contribution in [2.75, 3.05) is 11.1 Å². The van der Waals surface area contributed by atoms with Gasteiger partial charge in [0.25, 0.3) is 0 Å². The first-order chi connectivity index (χ1) is 11.3. The van der Waals surface area contributed by atoms with Crippen molar-refractivity contribution < 1.29 is 4.79 Å². The number of thioether (sulfide) groups is 1. The number of aromatic nitrogens is 3. The highest BCUT2D eigenvalue weighted by Crippen LogP contribution is 2.22. The lowest BCUT2D eigenvalue weighted by atomic mass is 10.2. The number of hydrogen-bond donors (Lipinski definition) is 1. The number of fused-ring (bicyclic) bond motifs is 1. The number of benzene rings is 1. The first kappa shape index (κ1) is 15.6. The third-order valence-corrected chi connectivity index (χ3v) is 4.65. The largest absolute Gasteiger partial charge is 0.325 e. The zero-order valence-corrected chi connectivity index (χ0v) is 13.5. The maximum atomic E-state index is 12.1. The molecule has 1 N–H and O–H groups in total. The number of nitrogens with zero attached hydrogens (tertiary/aromatic N) is 4. The van der Waals surface area contributed by atoms with E-state index in [1.807, 2.05) is 0 Å². The first-order valence-electron chi connectivity index (χ1n) is 7.61. The molecule has 118 valence electrons. The average Bonchev–Trinajstić information content (AvgIpc) is 2.79. The molecule has 1 aromatic heterocycles. The molecule has 1 aliphatic rings. The molecule has 1 aromatic carbocycles. The van der Waals surface area contributed by atoms with E-state index >= 15 is 0 Å². The van der Waals surface area contributed by atoms with Crippen molar-refractivity contribution in [1.82, 2.24) is 14.8 Å². The quantitative estimate of drug-likeness (QED) is 0.873. The smallest absolute Gasteiger partial charge is 0.234 e. The van der Waals surface area contributed by atoms with Crippen molar-refractivity contribution >= 4 is 23.4 Å². The number of rotatable bonds is 4. The van der Waals surface area contributed by atoms with Gasteiger partial charge in [0.05, 0.1) is 17.4 Å². The highest BCUT2D eigenvalue weighted by molar-refractivity contribution is 7.99. The summed E-state index contributed by atoms with van der Waals surface area (Å²) in [5.41, 5.74) is 1.16. The van der Waals surface area contributed by atoms with Crippen LogP contribution in [0.5, 0.6) is 0 Å². The number of nitriles is 1. The van der Waals surface area contributed by atoms with Gasteiger partial charge in [0, 0.05) is 18.7 Å². The van der Waals surface area contributed by atoms with E-state index < -0.39 is 0 Å². The fourth-order valence-electron chi connectivity index (χ4n) is 2.56. The summed E-state index contributed by atoms with van der Waals surface area (Å²) in [5.74, 6) is 1.18. The van der Waals surface area contributed by atoms with Gasteiger partial charge in [0.15, 0.2) is 5.16 Å². The molecule has 7 heteroatoms. The van der Waals surface area contributed by atoms with Crippen LogP contribution in [0.4, 0.5) is 5.69 Å². The van der Waals surface area contributed by atoms with E-state index in [-0.39, 0.29) is 11.7 Å². The van der Waals surface area contributed by atoms with Crippen LogP contribution in [0.2, 0.25) is 0 Å². The molecule has 2 heterocycles. The molecule has 0 unspecified atom stereocenters. The van der Waals surface area contributed by atoms with E-state index in [1.165, 1.54) is 18.2 Å². The Morgan fingerprint density at radius 3 is 3.13 bits per heavy atom. The molecule has 23 heavy (non-hydrogen) atoms. The van der Waals surface area contributed by atoms with Gasteiger partial charge < -0.3 is 9.88 Å². The second-order valence-electron chi connectivity index (χ2n) is 5.39. The summed E-state index contributed by atoms with van der Waals surface area (Å²) in [6.07, 6.45) is 4.45. The van der Waals surface area contributed by atoms with E-state index in [9.17, 15) is 4.79 Å². The maximum absolute atomic E-state index is 12.1. The Balaban J connectivity index is 1.59. The molecular formula is C16H17N5OS. The molecule has 0 saturated carbocycles. The molecule has 1 aliphatic heterocycles. The summed E-state index contributed by atoms with van der Waals surface area (Å²) < 4.78 is 2.13. The third-order valence-electron chi connectivity index (χ3n) is 3.68. The Hall–Kier alpha value is -2.33. The number of aryl methyl sites for hydroxylation is 1. The SMILES string of the molecule is N#Cc1cccc(NC(=O)CSc2nnc3n2CCCCC3)c1. The molecule has 0 spiro atoms. The standard InChI is InChI=1S/C16H17N5OS/c17-10-12-5-4-6-13(9-12)18-15(22)11-23-16-20-19-14-7-2-1-3-8-21(14)16/h4-6,9H,1-3,7-8,11H2,(H,18,22). The van der Waals surface area contributed by atoms with Gasteiger partial charge >= 0.3 is 0 Å².